The highest BCUT2D eigenvalue weighted by atomic mass is 19.1. The normalized spacial score (nSPS) is 9.85. The standard InChI is InChI=1S/C15H13FN2O2/c1-20-15-6-10(8-17)2-3-14(15)18-9-11-4-12(16)7-13(19)5-11/h2-7,18-19H,9H2,1H3. The molecule has 2 rings (SSSR count). The molecule has 0 aliphatic rings. The number of anilines is 1. The summed E-state index contributed by atoms with van der Waals surface area (Å²) in [6, 6.07) is 10.9. The first-order valence-corrected chi connectivity index (χ1v) is 5.93. The summed E-state index contributed by atoms with van der Waals surface area (Å²) in [7, 11) is 1.51. The molecule has 0 heterocycles. The Morgan fingerprint density at radius 2 is 2.10 bits per heavy atom. The molecule has 0 unspecified atom stereocenters. The molecule has 0 amide bonds. The number of hydrogen-bond acceptors (Lipinski definition) is 4. The number of phenolic OH excluding ortho intramolecular Hbond substituents is 1. The number of nitriles is 1. The van der Waals surface area contributed by atoms with Crippen molar-refractivity contribution >= 4 is 5.69 Å². The predicted octanol–water partition coefficient (Wildman–Crippen LogP) is 3.02. The molecule has 0 saturated carbocycles. The smallest absolute Gasteiger partial charge is 0.143 e. The molecule has 2 aromatic rings. The van der Waals surface area contributed by atoms with E-state index in [0.717, 1.165) is 6.07 Å². The minimum absolute atomic E-state index is 0.117. The maximum Gasteiger partial charge on any atom is 0.143 e. The van der Waals surface area contributed by atoms with E-state index in [-0.39, 0.29) is 5.75 Å². The summed E-state index contributed by atoms with van der Waals surface area (Å²) in [5.41, 5.74) is 1.79. The first kappa shape index (κ1) is 13.7. The highest BCUT2D eigenvalue weighted by Gasteiger charge is 2.05. The molecule has 2 aromatic carbocycles. The number of aromatic hydroxyl groups is 1. The van der Waals surface area contributed by atoms with Crippen molar-refractivity contribution in [3.63, 3.8) is 0 Å². The first-order chi connectivity index (χ1) is 9.62. The largest absolute Gasteiger partial charge is 0.508 e. The van der Waals surface area contributed by atoms with Crippen LogP contribution in [0.2, 0.25) is 0 Å². The van der Waals surface area contributed by atoms with Gasteiger partial charge in [0.25, 0.3) is 0 Å². The van der Waals surface area contributed by atoms with Crippen LogP contribution in [0.4, 0.5) is 10.1 Å². The molecule has 20 heavy (non-hydrogen) atoms. The van der Waals surface area contributed by atoms with Gasteiger partial charge in [0.2, 0.25) is 0 Å². The summed E-state index contributed by atoms with van der Waals surface area (Å²) < 4.78 is 18.3. The van der Waals surface area contributed by atoms with Crippen molar-refractivity contribution in [2.75, 3.05) is 12.4 Å². The number of nitrogens with zero attached hydrogens (tertiary/aromatic N) is 1. The molecule has 0 radical (unpaired) electrons. The second kappa shape index (κ2) is 5.93. The fourth-order valence-corrected chi connectivity index (χ4v) is 1.84. The van der Waals surface area contributed by atoms with E-state index < -0.39 is 5.82 Å². The van der Waals surface area contributed by atoms with Crippen molar-refractivity contribution in [3.8, 4) is 17.6 Å². The Balaban J connectivity index is 2.16. The molecule has 102 valence electrons. The van der Waals surface area contributed by atoms with E-state index >= 15 is 0 Å². The maximum absolute atomic E-state index is 13.1. The minimum Gasteiger partial charge on any atom is -0.508 e. The summed E-state index contributed by atoms with van der Waals surface area (Å²) in [5, 5.41) is 21.2. The third-order valence-corrected chi connectivity index (χ3v) is 2.76. The highest BCUT2D eigenvalue weighted by Crippen LogP contribution is 2.26. The first-order valence-electron chi connectivity index (χ1n) is 5.93. The lowest BCUT2D eigenvalue weighted by Gasteiger charge is -2.11. The van der Waals surface area contributed by atoms with Gasteiger partial charge in [-0.1, -0.05) is 0 Å². The zero-order chi connectivity index (χ0) is 14.5. The molecular formula is C15H13FN2O2. The van der Waals surface area contributed by atoms with E-state index in [9.17, 15) is 9.50 Å². The summed E-state index contributed by atoms with van der Waals surface area (Å²) in [4.78, 5) is 0. The molecule has 0 aliphatic carbocycles. The average molecular weight is 272 g/mol. The molecule has 0 bridgehead atoms. The maximum atomic E-state index is 13.1. The Hall–Kier alpha value is -2.74. The van der Waals surface area contributed by atoms with Gasteiger partial charge in [-0.15, -0.1) is 0 Å². The van der Waals surface area contributed by atoms with E-state index in [0.29, 0.717) is 29.1 Å². The zero-order valence-electron chi connectivity index (χ0n) is 10.9. The predicted molar refractivity (Wildman–Crippen MR) is 73.1 cm³/mol. The molecule has 0 fully saturated rings. The van der Waals surface area contributed by atoms with Gasteiger partial charge in [0.05, 0.1) is 24.4 Å². The molecular weight excluding hydrogens is 259 g/mol. The Bertz CT molecular complexity index is 645. The van der Waals surface area contributed by atoms with E-state index in [1.807, 2.05) is 6.07 Å². The summed E-state index contributed by atoms with van der Waals surface area (Å²) >= 11 is 0. The van der Waals surface area contributed by atoms with Crippen LogP contribution in [-0.4, -0.2) is 12.2 Å². The van der Waals surface area contributed by atoms with Crippen molar-refractivity contribution in [2.24, 2.45) is 0 Å². The van der Waals surface area contributed by atoms with Gasteiger partial charge >= 0.3 is 0 Å². The van der Waals surface area contributed by atoms with Crippen LogP contribution in [0.25, 0.3) is 0 Å². The summed E-state index contributed by atoms with van der Waals surface area (Å²) in [6.45, 7) is 0.327. The molecule has 0 spiro atoms. The number of halogens is 1. The van der Waals surface area contributed by atoms with Crippen molar-refractivity contribution in [3.05, 3.63) is 53.3 Å². The number of hydrogen-bond donors (Lipinski definition) is 2. The van der Waals surface area contributed by atoms with Crippen LogP contribution < -0.4 is 10.1 Å². The van der Waals surface area contributed by atoms with Gasteiger partial charge in [0, 0.05) is 18.7 Å². The van der Waals surface area contributed by atoms with Gasteiger partial charge in [0.15, 0.2) is 0 Å². The van der Waals surface area contributed by atoms with Gasteiger partial charge in [-0.05, 0) is 29.8 Å². The lowest BCUT2D eigenvalue weighted by Crippen LogP contribution is -2.02. The van der Waals surface area contributed by atoms with E-state index in [1.54, 1.807) is 18.2 Å². The second-order valence-corrected chi connectivity index (χ2v) is 4.20. The van der Waals surface area contributed by atoms with E-state index in [4.69, 9.17) is 10.00 Å². The van der Waals surface area contributed by atoms with Crippen LogP contribution in [0.15, 0.2) is 36.4 Å². The molecule has 0 aromatic heterocycles. The second-order valence-electron chi connectivity index (χ2n) is 4.20. The lowest BCUT2D eigenvalue weighted by atomic mass is 10.1. The Morgan fingerprint density at radius 1 is 1.30 bits per heavy atom. The SMILES string of the molecule is COc1cc(C#N)ccc1NCc1cc(O)cc(F)c1. The van der Waals surface area contributed by atoms with Crippen LogP contribution in [0.1, 0.15) is 11.1 Å². The minimum atomic E-state index is -0.492. The molecule has 2 N–H and O–H groups in total. The van der Waals surface area contributed by atoms with Crippen molar-refractivity contribution < 1.29 is 14.2 Å². The number of rotatable bonds is 4. The third-order valence-electron chi connectivity index (χ3n) is 2.76. The van der Waals surface area contributed by atoms with Crippen LogP contribution in [0.5, 0.6) is 11.5 Å². The topological polar surface area (TPSA) is 65.3 Å². The summed E-state index contributed by atoms with van der Waals surface area (Å²) in [5.74, 6) is -0.0770. The summed E-state index contributed by atoms with van der Waals surface area (Å²) in [6.07, 6.45) is 0. The average Bonchev–Trinajstić information content (AvgIpc) is 2.44. The fourth-order valence-electron chi connectivity index (χ4n) is 1.84. The number of phenols is 1. The number of methoxy groups -OCH3 is 1. The lowest BCUT2D eigenvalue weighted by molar-refractivity contribution is 0.416. The molecule has 0 aliphatic heterocycles. The van der Waals surface area contributed by atoms with E-state index in [1.165, 1.54) is 19.2 Å². The Labute approximate surface area is 116 Å². The van der Waals surface area contributed by atoms with Crippen molar-refractivity contribution in [2.45, 2.75) is 6.54 Å². The molecule has 4 nitrogen and oxygen atoms in total. The van der Waals surface area contributed by atoms with Gasteiger partial charge in [0.1, 0.15) is 17.3 Å². The number of benzene rings is 2. The third kappa shape index (κ3) is 3.18. The molecule has 5 heteroatoms. The van der Waals surface area contributed by atoms with Crippen molar-refractivity contribution in [1.29, 1.82) is 5.26 Å². The monoisotopic (exact) mass is 272 g/mol. The van der Waals surface area contributed by atoms with Crippen LogP contribution in [-0.2, 0) is 6.54 Å². The fraction of sp³-hybridized carbons (Fsp3) is 0.133. The van der Waals surface area contributed by atoms with Gasteiger partial charge in [-0.25, -0.2) is 4.39 Å². The van der Waals surface area contributed by atoms with Crippen LogP contribution in [0.3, 0.4) is 0 Å². The van der Waals surface area contributed by atoms with Crippen LogP contribution >= 0.6 is 0 Å². The highest BCUT2D eigenvalue weighted by molar-refractivity contribution is 5.59. The molecule has 0 atom stereocenters. The zero-order valence-corrected chi connectivity index (χ0v) is 10.9. The number of nitrogens with one attached hydrogen (secondary N) is 1. The van der Waals surface area contributed by atoms with Gasteiger partial charge < -0.3 is 15.2 Å². The Kier molecular flexibility index (Phi) is 4.06. The van der Waals surface area contributed by atoms with Crippen LogP contribution in [0, 0.1) is 17.1 Å². The van der Waals surface area contributed by atoms with Gasteiger partial charge in [-0.3, -0.25) is 0 Å². The molecule has 0 saturated heterocycles. The number of ether oxygens (including phenoxy) is 1. The Morgan fingerprint density at radius 3 is 2.75 bits per heavy atom. The van der Waals surface area contributed by atoms with Gasteiger partial charge in [-0.2, -0.15) is 5.26 Å². The van der Waals surface area contributed by atoms with E-state index in [2.05, 4.69) is 5.32 Å². The van der Waals surface area contributed by atoms with Crippen molar-refractivity contribution in [1.82, 2.24) is 0 Å². The quantitative estimate of drug-likeness (QED) is 0.898.